The Bertz CT molecular complexity index is 2030. The maximum atomic E-state index is 13.4. The van der Waals surface area contributed by atoms with Crippen LogP contribution in [0.5, 0.6) is 17.2 Å². The molecule has 3 heterocycles. The van der Waals surface area contributed by atoms with Gasteiger partial charge in [0.15, 0.2) is 17.3 Å². The van der Waals surface area contributed by atoms with Crippen LogP contribution >= 0.6 is 11.3 Å². The van der Waals surface area contributed by atoms with Crippen LogP contribution in [-0.4, -0.2) is 45.2 Å². The molecule has 6 aromatic rings. The third kappa shape index (κ3) is 6.11. The van der Waals surface area contributed by atoms with E-state index in [1.54, 1.807) is 20.3 Å². The normalized spacial score (nSPS) is 11.9. The number of methoxy groups -OCH3 is 2. The molecule has 0 fully saturated rings. The highest BCUT2D eigenvalue weighted by Crippen LogP contribution is 2.29. The number of para-hydroxylation sites is 1. The molecular weight excluding hydrogens is 574 g/mol. The molecule has 3 aromatic carbocycles. The number of hydrogen-bond donors (Lipinski definition) is 0. The molecule has 222 valence electrons. The summed E-state index contributed by atoms with van der Waals surface area (Å²) in [6.45, 7) is 2.77. The molecule has 0 bridgehead atoms. The van der Waals surface area contributed by atoms with Gasteiger partial charge in [-0.25, -0.2) is 4.68 Å². The van der Waals surface area contributed by atoms with Gasteiger partial charge in [0.2, 0.25) is 4.96 Å². The number of unbranched alkanes of at least 4 members (excludes halogenated alkanes) is 1. The summed E-state index contributed by atoms with van der Waals surface area (Å²) in [5, 5.41) is 9.32. The summed E-state index contributed by atoms with van der Waals surface area (Å²) in [5.74, 6) is 2.57. The van der Waals surface area contributed by atoms with Gasteiger partial charge in [-0.05, 0) is 72.7 Å². The molecular formula is C34H31N5O4S. The first kappa shape index (κ1) is 28.9. The zero-order valence-electron chi connectivity index (χ0n) is 24.6. The number of fused-ring (bicyclic) bond motifs is 1. The van der Waals surface area contributed by atoms with E-state index in [-0.39, 0.29) is 5.56 Å². The van der Waals surface area contributed by atoms with Gasteiger partial charge in [-0.2, -0.15) is 14.6 Å². The third-order valence-electron chi connectivity index (χ3n) is 6.98. The molecule has 0 atom stereocenters. The Labute approximate surface area is 258 Å². The van der Waals surface area contributed by atoms with Crippen molar-refractivity contribution in [3.05, 3.63) is 111 Å². The lowest BCUT2D eigenvalue weighted by Gasteiger charge is -2.10. The minimum atomic E-state index is -0.236. The summed E-state index contributed by atoms with van der Waals surface area (Å²) in [4.78, 5) is 18.5. The summed E-state index contributed by atoms with van der Waals surface area (Å²) < 4.78 is 20.3. The van der Waals surface area contributed by atoms with Crippen molar-refractivity contribution in [2.45, 2.75) is 19.8 Å². The van der Waals surface area contributed by atoms with Crippen molar-refractivity contribution in [1.82, 2.24) is 24.4 Å². The van der Waals surface area contributed by atoms with Gasteiger partial charge in [0.05, 0.1) is 31.0 Å². The Balaban J connectivity index is 1.31. The van der Waals surface area contributed by atoms with E-state index >= 15 is 0 Å². The van der Waals surface area contributed by atoms with Crippen molar-refractivity contribution >= 4 is 34.5 Å². The predicted octanol–water partition coefficient (Wildman–Crippen LogP) is 5.92. The van der Waals surface area contributed by atoms with Crippen LogP contribution < -0.4 is 24.3 Å². The second kappa shape index (κ2) is 13.0. The average Bonchev–Trinajstić information content (AvgIpc) is 3.75. The van der Waals surface area contributed by atoms with E-state index in [1.165, 1.54) is 15.9 Å². The SMILES string of the molecule is CCCCOc1ccc(/C=C/c2nc3s/c(=C\c4cn(-c5ccccc5)nc4-c4ccc(OC)cc4)c(=O)n3n2)cc1OC. The van der Waals surface area contributed by atoms with Crippen molar-refractivity contribution in [3.63, 3.8) is 0 Å². The van der Waals surface area contributed by atoms with E-state index in [0.717, 1.165) is 46.7 Å². The van der Waals surface area contributed by atoms with Crippen molar-refractivity contribution in [2.75, 3.05) is 20.8 Å². The molecule has 0 saturated heterocycles. The number of rotatable bonds is 11. The fourth-order valence-electron chi connectivity index (χ4n) is 4.64. The monoisotopic (exact) mass is 605 g/mol. The zero-order chi connectivity index (χ0) is 30.5. The van der Waals surface area contributed by atoms with E-state index in [9.17, 15) is 4.79 Å². The molecule has 0 saturated carbocycles. The van der Waals surface area contributed by atoms with Gasteiger partial charge in [0.25, 0.3) is 5.56 Å². The van der Waals surface area contributed by atoms with Crippen LogP contribution in [0, 0.1) is 0 Å². The highest BCUT2D eigenvalue weighted by Gasteiger charge is 2.14. The summed E-state index contributed by atoms with van der Waals surface area (Å²) in [6, 6.07) is 23.3. The molecule has 0 aliphatic carbocycles. The minimum Gasteiger partial charge on any atom is -0.497 e. The Kier molecular flexibility index (Phi) is 8.51. The highest BCUT2D eigenvalue weighted by atomic mass is 32.1. The van der Waals surface area contributed by atoms with Gasteiger partial charge in [0, 0.05) is 17.3 Å². The first-order valence-electron chi connectivity index (χ1n) is 14.3. The van der Waals surface area contributed by atoms with Crippen molar-refractivity contribution in [2.24, 2.45) is 0 Å². The van der Waals surface area contributed by atoms with Crippen LogP contribution in [0.25, 0.3) is 40.1 Å². The molecule has 0 unspecified atom stereocenters. The summed E-state index contributed by atoms with van der Waals surface area (Å²) in [6.07, 6.45) is 9.48. The van der Waals surface area contributed by atoms with E-state index < -0.39 is 0 Å². The molecule has 9 nitrogen and oxygen atoms in total. The summed E-state index contributed by atoms with van der Waals surface area (Å²) in [5.41, 5.74) is 4.04. The van der Waals surface area contributed by atoms with Gasteiger partial charge in [0.1, 0.15) is 11.4 Å². The van der Waals surface area contributed by atoms with Crippen LogP contribution in [0.15, 0.2) is 83.8 Å². The Morgan fingerprint density at radius 1 is 0.909 bits per heavy atom. The van der Waals surface area contributed by atoms with Gasteiger partial charge in [-0.3, -0.25) is 4.79 Å². The standard InChI is InChI=1S/C34H31N5O4S/c1-4-5-19-43-28-17-11-23(20-29(28)42-3)12-18-31-35-34-39(36-31)33(40)30(44-34)21-25-22-38(26-9-7-6-8-10-26)37-32(25)24-13-15-27(41-2)16-14-24/h6-18,20-22H,4-5,19H2,1-3H3/b18-12+,30-21-. The summed E-state index contributed by atoms with van der Waals surface area (Å²) in [7, 11) is 3.26. The van der Waals surface area contributed by atoms with E-state index in [0.29, 0.717) is 33.4 Å². The molecule has 44 heavy (non-hydrogen) atoms. The van der Waals surface area contributed by atoms with Crippen molar-refractivity contribution in [1.29, 1.82) is 0 Å². The lowest BCUT2D eigenvalue weighted by molar-refractivity contribution is 0.288. The Hall–Kier alpha value is -5.22. The number of hydrogen-bond acceptors (Lipinski definition) is 8. The number of nitrogens with zero attached hydrogens (tertiary/aromatic N) is 5. The Morgan fingerprint density at radius 2 is 1.73 bits per heavy atom. The van der Waals surface area contributed by atoms with Crippen LogP contribution in [0.1, 0.15) is 36.7 Å². The van der Waals surface area contributed by atoms with Crippen LogP contribution in [-0.2, 0) is 0 Å². The predicted molar refractivity (Wildman–Crippen MR) is 174 cm³/mol. The fourth-order valence-corrected chi connectivity index (χ4v) is 5.55. The zero-order valence-corrected chi connectivity index (χ0v) is 25.5. The number of aromatic nitrogens is 5. The molecule has 0 spiro atoms. The van der Waals surface area contributed by atoms with Gasteiger partial charge in [-0.15, -0.1) is 5.10 Å². The maximum Gasteiger partial charge on any atom is 0.291 e. The van der Waals surface area contributed by atoms with Gasteiger partial charge in [-0.1, -0.05) is 55.0 Å². The molecule has 0 N–H and O–H groups in total. The van der Waals surface area contributed by atoms with Crippen molar-refractivity contribution in [3.8, 4) is 34.2 Å². The number of thiazole rings is 1. The second-order valence-electron chi connectivity index (χ2n) is 9.97. The average molecular weight is 606 g/mol. The number of benzene rings is 3. The van der Waals surface area contributed by atoms with E-state index in [2.05, 4.69) is 17.0 Å². The molecule has 3 aromatic heterocycles. The molecule has 0 aliphatic heterocycles. The number of ether oxygens (including phenoxy) is 3. The smallest absolute Gasteiger partial charge is 0.291 e. The van der Waals surface area contributed by atoms with E-state index in [1.807, 2.05) is 95.8 Å². The largest absolute Gasteiger partial charge is 0.497 e. The van der Waals surface area contributed by atoms with E-state index in [4.69, 9.17) is 19.3 Å². The van der Waals surface area contributed by atoms with Crippen LogP contribution in [0.2, 0.25) is 0 Å². The molecule has 0 amide bonds. The lowest BCUT2D eigenvalue weighted by Crippen LogP contribution is -2.23. The molecule has 0 aliphatic rings. The first-order chi connectivity index (χ1) is 21.6. The Morgan fingerprint density at radius 3 is 2.45 bits per heavy atom. The molecule has 0 radical (unpaired) electrons. The van der Waals surface area contributed by atoms with Crippen LogP contribution in [0.4, 0.5) is 0 Å². The highest BCUT2D eigenvalue weighted by molar-refractivity contribution is 7.15. The molecule has 6 rings (SSSR count). The minimum absolute atomic E-state index is 0.236. The lowest BCUT2D eigenvalue weighted by atomic mass is 10.1. The maximum absolute atomic E-state index is 13.4. The first-order valence-corrected chi connectivity index (χ1v) is 15.1. The topological polar surface area (TPSA) is 92.8 Å². The quantitative estimate of drug-likeness (QED) is 0.169. The summed E-state index contributed by atoms with van der Waals surface area (Å²) >= 11 is 1.29. The third-order valence-corrected chi connectivity index (χ3v) is 7.94. The second-order valence-corrected chi connectivity index (χ2v) is 11.0. The van der Waals surface area contributed by atoms with Crippen molar-refractivity contribution < 1.29 is 14.2 Å². The van der Waals surface area contributed by atoms with Gasteiger partial charge < -0.3 is 14.2 Å². The fraction of sp³-hybridized carbons (Fsp3) is 0.176. The van der Waals surface area contributed by atoms with Gasteiger partial charge >= 0.3 is 0 Å². The molecule has 10 heteroatoms. The van der Waals surface area contributed by atoms with Crippen LogP contribution in [0.3, 0.4) is 0 Å².